The summed E-state index contributed by atoms with van der Waals surface area (Å²) in [5.41, 5.74) is 6.45. The van der Waals surface area contributed by atoms with Crippen molar-refractivity contribution < 1.29 is 47.1 Å². The summed E-state index contributed by atoms with van der Waals surface area (Å²) >= 11 is 0. The Labute approximate surface area is 305 Å². The van der Waals surface area contributed by atoms with Gasteiger partial charge in [-0.1, -0.05) is 87.7 Å². The van der Waals surface area contributed by atoms with Crippen molar-refractivity contribution in [2.24, 2.45) is 0 Å². The molecule has 0 saturated carbocycles. The van der Waals surface area contributed by atoms with E-state index in [4.69, 9.17) is 19.1 Å². The highest BCUT2D eigenvalue weighted by Gasteiger charge is 2.46. The number of carbonyl (C=O) groups is 4. The fourth-order valence-corrected chi connectivity index (χ4v) is 6.29. The van der Waals surface area contributed by atoms with Gasteiger partial charge in [-0.3, -0.25) is 19.3 Å². The highest BCUT2D eigenvalue weighted by molar-refractivity contribution is 5.95. The van der Waals surface area contributed by atoms with Crippen molar-refractivity contribution in [3.05, 3.63) is 155 Å². The second kappa shape index (κ2) is 17.0. The van der Waals surface area contributed by atoms with Gasteiger partial charge in [0, 0.05) is 12.2 Å². The minimum Gasteiger partial charge on any atom is -0.457 e. The first-order valence-corrected chi connectivity index (χ1v) is 16.9. The summed E-state index contributed by atoms with van der Waals surface area (Å²) < 4.78 is 42.3. The Morgan fingerprint density at radius 2 is 1.06 bits per heavy atom. The minimum absolute atomic E-state index is 0.172. The predicted octanol–water partition coefficient (Wildman–Crippen LogP) is 6.67. The first kappa shape index (κ1) is 38.3. The lowest BCUT2D eigenvalue weighted by Gasteiger charge is -2.34. The maximum Gasteiger partial charge on any atom is 0.330 e. The zero-order chi connectivity index (χ0) is 38.1. The topological polar surface area (TPSA) is 129 Å². The third-order valence-electron chi connectivity index (χ3n) is 8.92. The van der Waals surface area contributed by atoms with E-state index < -0.39 is 53.0 Å². The van der Waals surface area contributed by atoms with Crippen molar-refractivity contribution in [2.45, 2.75) is 44.3 Å². The number of hydroxylamine groups is 2. The van der Waals surface area contributed by atoms with Crippen molar-refractivity contribution in [1.82, 2.24) is 11.0 Å². The summed E-state index contributed by atoms with van der Waals surface area (Å²) in [6.45, 7) is 9.88. The highest BCUT2D eigenvalue weighted by Crippen LogP contribution is 2.56. The number of benzene rings is 4. The number of fused-ring (bicyclic) bond motifs is 3. The summed E-state index contributed by atoms with van der Waals surface area (Å²) in [6.07, 6.45) is 1.50. The zero-order valence-electron chi connectivity index (χ0n) is 29.2. The molecular weight excluding hydrogens is 686 g/mol. The average Bonchev–Trinajstić information content (AvgIpc) is 3.47. The zero-order valence-corrected chi connectivity index (χ0v) is 29.2. The lowest BCUT2D eigenvalue weighted by atomic mass is 9.67. The molecule has 1 aliphatic carbocycles. The first-order chi connectivity index (χ1) is 25.6. The van der Waals surface area contributed by atoms with Gasteiger partial charge in [0.2, 0.25) is 0 Å². The summed E-state index contributed by atoms with van der Waals surface area (Å²) in [6, 6.07) is 23.3. The molecule has 4 aromatic rings. The molecule has 5 rings (SSSR count). The van der Waals surface area contributed by atoms with Crippen LogP contribution in [0.1, 0.15) is 69.7 Å². The predicted molar refractivity (Wildman–Crippen MR) is 191 cm³/mol. The lowest BCUT2D eigenvalue weighted by Crippen LogP contribution is -2.32. The molecule has 2 amide bonds. The van der Waals surface area contributed by atoms with E-state index in [0.29, 0.717) is 24.0 Å². The molecule has 10 nitrogen and oxygen atoms in total. The Hall–Kier alpha value is -5.98. The summed E-state index contributed by atoms with van der Waals surface area (Å²) in [5.74, 6) is -4.76. The van der Waals surface area contributed by atoms with Crippen LogP contribution in [0.5, 0.6) is 0 Å². The molecular formula is C41H38F2N2O8. The molecule has 0 fully saturated rings. The molecule has 53 heavy (non-hydrogen) atoms. The van der Waals surface area contributed by atoms with E-state index in [1.165, 1.54) is 24.3 Å². The van der Waals surface area contributed by atoms with Crippen molar-refractivity contribution in [3.63, 3.8) is 0 Å². The van der Waals surface area contributed by atoms with E-state index in [9.17, 15) is 19.2 Å². The van der Waals surface area contributed by atoms with Crippen molar-refractivity contribution in [2.75, 3.05) is 13.2 Å². The molecule has 0 heterocycles. The van der Waals surface area contributed by atoms with Crippen molar-refractivity contribution in [3.8, 4) is 11.1 Å². The number of esters is 2. The van der Waals surface area contributed by atoms with Crippen molar-refractivity contribution >= 4 is 23.8 Å². The lowest BCUT2D eigenvalue weighted by molar-refractivity contribution is -0.148. The fourth-order valence-electron chi connectivity index (χ4n) is 6.29. The van der Waals surface area contributed by atoms with E-state index in [-0.39, 0.29) is 24.3 Å². The molecule has 0 aliphatic heterocycles. The summed E-state index contributed by atoms with van der Waals surface area (Å²) in [7, 11) is 0. The van der Waals surface area contributed by atoms with Gasteiger partial charge in [-0.25, -0.2) is 29.3 Å². The number of carbonyl (C=O) groups excluding carboxylic acids is 4. The quantitative estimate of drug-likeness (QED) is 0.0657. The first-order valence-electron chi connectivity index (χ1n) is 16.9. The Morgan fingerprint density at radius 1 is 0.660 bits per heavy atom. The van der Waals surface area contributed by atoms with Gasteiger partial charge in [0.15, 0.2) is 0 Å². The number of rotatable bonds is 16. The van der Waals surface area contributed by atoms with E-state index in [0.717, 1.165) is 34.4 Å². The van der Waals surface area contributed by atoms with Gasteiger partial charge in [-0.15, -0.1) is 0 Å². The van der Waals surface area contributed by atoms with Crippen LogP contribution in [-0.4, -0.2) is 49.2 Å². The molecule has 4 aromatic carbocycles. The number of hydrogen-bond donors (Lipinski definition) is 2. The number of amides is 2. The second-order valence-corrected chi connectivity index (χ2v) is 12.1. The Morgan fingerprint density at radius 3 is 1.42 bits per heavy atom. The number of nitrogens with one attached hydrogen (secondary N) is 2. The van der Waals surface area contributed by atoms with Gasteiger partial charge >= 0.3 is 11.9 Å². The third-order valence-corrected chi connectivity index (χ3v) is 8.92. The fraction of sp³-hybridized carbons (Fsp3) is 0.220. The number of halogens is 2. The molecule has 1 aliphatic rings. The van der Waals surface area contributed by atoms with Gasteiger partial charge in [0.25, 0.3) is 11.8 Å². The highest BCUT2D eigenvalue weighted by atomic mass is 19.1. The van der Waals surface area contributed by atoms with Crippen LogP contribution in [0.25, 0.3) is 11.1 Å². The molecule has 0 aromatic heterocycles. The van der Waals surface area contributed by atoms with Crippen LogP contribution >= 0.6 is 0 Å². The van der Waals surface area contributed by atoms with Gasteiger partial charge in [0.1, 0.15) is 37.1 Å². The molecule has 0 radical (unpaired) electrons. The smallest absolute Gasteiger partial charge is 0.330 e. The van der Waals surface area contributed by atoms with Crippen molar-refractivity contribution in [1.29, 1.82) is 0 Å². The minimum atomic E-state index is -1.27. The molecule has 2 unspecified atom stereocenters. The molecule has 2 N–H and O–H groups in total. The normalized spacial score (nSPS) is 13.4. The van der Waals surface area contributed by atoms with Crippen LogP contribution in [0.3, 0.4) is 0 Å². The largest absolute Gasteiger partial charge is 0.457 e. The molecule has 0 bridgehead atoms. The molecule has 274 valence electrons. The monoisotopic (exact) mass is 724 g/mol. The summed E-state index contributed by atoms with van der Waals surface area (Å²) in [4.78, 5) is 59.6. The van der Waals surface area contributed by atoms with Crippen LogP contribution in [0.4, 0.5) is 8.78 Å². The van der Waals surface area contributed by atoms with Crippen LogP contribution in [0.15, 0.2) is 110 Å². The second-order valence-electron chi connectivity index (χ2n) is 12.1. The van der Waals surface area contributed by atoms with E-state index in [1.54, 1.807) is 26.0 Å². The van der Waals surface area contributed by atoms with Crippen LogP contribution in [0.2, 0.25) is 0 Å². The van der Waals surface area contributed by atoms with Crippen LogP contribution in [0, 0.1) is 11.6 Å². The van der Waals surface area contributed by atoms with Gasteiger partial charge in [-0.2, -0.15) is 0 Å². The van der Waals surface area contributed by atoms with E-state index in [2.05, 4.69) is 24.1 Å². The molecule has 0 saturated heterocycles. The van der Waals surface area contributed by atoms with Gasteiger partial charge in [-0.05, 0) is 70.5 Å². The van der Waals surface area contributed by atoms with Gasteiger partial charge in [0.05, 0.1) is 16.5 Å². The number of ether oxygens (including phenoxy) is 2. The van der Waals surface area contributed by atoms with E-state index in [1.807, 2.05) is 48.5 Å². The molecule has 0 spiro atoms. The molecule has 12 heteroatoms. The average molecular weight is 725 g/mol. The number of hydrogen-bond acceptors (Lipinski definition) is 8. The maximum absolute atomic E-state index is 16.0. The van der Waals surface area contributed by atoms with E-state index >= 15 is 8.78 Å². The Bertz CT molecular complexity index is 1900. The SMILES string of the molecule is C=CC(=O)OC(CC)CONC(=O)c1ccc(C2(c3ccc(C(=O)NOCC(CC)OC(=O)C=C)c(F)c3)c3ccccc3-c3ccccc32)cc1F. The molecule has 2 atom stereocenters. The van der Waals surface area contributed by atoms with Crippen LogP contribution in [-0.2, 0) is 34.2 Å². The van der Waals surface area contributed by atoms with Gasteiger partial charge < -0.3 is 9.47 Å². The Kier molecular flexibility index (Phi) is 12.3. The maximum atomic E-state index is 16.0. The Balaban J connectivity index is 1.47. The summed E-state index contributed by atoms with van der Waals surface area (Å²) in [5, 5.41) is 0. The third kappa shape index (κ3) is 7.93. The van der Waals surface area contributed by atoms with Crippen LogP contribution < -0.4 is 11.0 Å². The standard InChI is InChI=1S/C41H38F2N2O8/c1-5-27(52-37(46)7-3)23-50-44-39(48)31-19-17-25(21-35(31)42)41(33-15-11-9-13-29(33)30-14-10-12-16-34(30)41)26-18-20-32(36(43)22-26)40(49)45-51-24-28(6-2)53-38(47)8-4/h7-22,27-28H,3-6,23-24H2,1-2H3,(H,44,48)(H,45,49).